The molecule has 1 aromatic heterocycles. The molecule has 0 spiro atoms. The predicted octanol–water partition coefficient (Wildman–Crippen LogP) is 2.49. The Bertz CT molecular complexity index is 1300. The van der Waals surface area contributed by atoms with E-state index in [1.54, 1.807) is 61.2 Å². The van der Waals surface area contributed by atoms with Crippen molar-refractivity contribution in [1.82, 2.24) is 25.6 Å². The normalized spacial score (nSPS) is 15.4. The number of aryl methyl sites for hydroxylation is 1. The molecule has 3 aromatic rings. The second-order valence-electron chi connectivity index (χ2n) is 7.60. The standard InChI is InChI=1S/C24H25N5O6/c1-4-29-19-11-8-15(12-17(19)27-28-29)22(30)35-13-18-20(23(31)34-5-2)21(26-24(32)25-18)14-6-9-16(33-3)10-7-14/h6-12,21H,4-5,13H2,1-3H3,(H2,25,26,32)/t21-/m1/s1. The van der Waals surface area contributed by atoms with Gasteiger partial charge in [0, 0.05) is 6.54 Å². The molecule has 2 aromatic carbocycles. The molecule has 11 heteroatoms. The lowest BCUT2D eigenvalue weighted by molar-refractivity contribution is -0.139. The molecule has 35 heavy (non-hydrogen) atoms. The van der Waals surface area contributed by atoms with Crippen molar-refractivity contribution in [3.63, 3.8) is 0 Å². The summed E-state index contributed by atoms with van der Waals surface area (Å²) in [5.41, 5.74) is 2.54. The number of hydrogen-bond acceptors (Lipinski definition) is 8. The molecule has 0 radical (unpaired) electrons. The Hall–Kier alpha value is -4.41. The smallest absolute Gasteiger partial charge is 0.338 e. The molecular weight excluding hydrogens is 454 g/mol. The first-order valence-electron chi connectivity index (χ1n) is 11.1. The largest absolute Gasteiger partial charge is 0.497 e. The minimum atomic E-state index is -0.803. The van der Waals surface area contributed by atoms with E-state index in [0.717, 1.165) is 5.52 Å². The number of benzene rings is 2. The van der Waals surface area contributed by atoms with Crippen LogP contribution in [0.2, 0.25) is 0 Å². The van der Waals surface area contributed by atoms with Crippen LogP contribution in [-0.2, 0) is 20.8 Å². The number of hydrogen-bond donors (Lipinski definition) is 2. The molecule has 0 fully saturated rings. The van der Waals surface area contributed by atoms with Gasteiger partial charge in [-0.25, -0.2) is 19.1 Å². The van der Waals surface area contributed by atoms with Crippen molar-refractivity contribution in [1.29, 1.82) is 0 Å². The summed E-state index contributed by atoms with van der Waals surface area (Å²) in [6.45, 7) is 4.07. The topological polar surface area (TPSA) is 134 Å². The minimum Gasteiger partial charge on any atom is -0.497 e. The maximum absolute atomic E-state index is 12.9. The Kier molecular flexibility index (Phi) is 6.95. The average Bonchev–Trinajstić information content (AvgIpc) is 3.29. The number of amides is 2. The summed E-state index contributed by atoms with van der Waals surface area (Å²) in [5.74, 6) is -0.646. The van der Waals surface area contributed by atoms with Gasteiger partial charge in [0.25, 0.3) is 0 Å². The quantitative estimate of drug-likeness (QED) is 0.471. The van der Waals surface area contributed by atoms with Crippen molar-refractivity contribution < 1.29 is 28.6 Å². The highest BCUT2D eigenvalue weighted by atomic mass is 16.5. The third-order valence-corrected chi connectivity index (χ3v) is 5.49. The fourth-order valence-electron chi connectivity index (χ4n) is 3.78. The molecule has 1 aliphatic rings. The first-order valence-corrected chi connectivity index (χ1v) is 11.1. The molecule has 1 atom stereocenters. The monoisotopic (exact) mass is 479 g/mol. The molecule has 182 valence electrons. The lowest BCUT2D eigenvalue weighted by Crippen LogP contribution is -2.47. The van der Waals surface area contributed by atoms with E-state index < -0.39 is 24.0 Å². The Morgan fingerprint density at radius 3 is 2.51 bits per heavy atom. The van der Waals surface area contributed by atoms with E-state index in [0.29, 0.717) is 23.4 Å². The second kappa shape index (κ2) is 10.2. The Morgan fingerprint density at radius 2 is 1.83 bits per heavy atom. The van der Waals surface area contributed by atoms with E-state index in [2.05, 4.69) is 20.9 Å². The molecule has 0 bridgehead atoms. The van der Waals surface area contributed by atoms with Gasteiger partial charge < -0.3 is 24.8 Å². The summed E-state index contributed by atoms with van der Waals surface area (Å²) >= 11 is 0. The molecule has 1 aliphatic heterocycles. The van der Waals surface area contributed by atoms with Crippen molar-refractivity contribution in [2.75, 3.05) is 20.3 Å². The number of nitrogens with zero attached hydrogens (tertiary/aromatic N) is 3. The molecule has 4 rings (SSSR count). The van der Waals surface area contributed by atoms with Crippen molar-refractivity contribution in [3.05, 3.63) is 64.9 Å². The lowest BCUT2D eigenvalue weighted by Gasteiger charge is -2.29. The molecular formula is C24H25N5O6. The van der Waals surface area contributed by atoms with E-state index in [9.17, 15) is 14.4 Å². The number of ether oxygens (including phenoxy) is 3. The van der Waals surface area contributed by atoms with Gasteiger partial charge in [-0.2, -0.15) is 0 Å². The molecule has 2 heterocycles. The number of nitrogens with one attached hydrogen (secondary N) is 2. The lowest BCUT2D eigenvalue weighted by atomic mass is 9.95. The van der Waals surface area contributed by atoms with Crippen LogP contribution in [0.1, 0.15) is 35.8 Å². The average molecular weight is 479 g/mol. The molecule has 0 unspecified atom stereocenters. The summed E-state index contributed by atoms with van der Waals surface area (Å²) in [4.78, 5) is 38.0. The number of esters is 2. The molecule has 0 aliphatic carbocycles. The Morgan fingerprint density at radius 1 is 1.06 bits per heavy atom. The molecule has 2 amide bonds. The van der Waals surface area contributed by atoms with Crippen molar-refractivity contribution >= 4 is 29.0 Å². The van der Waals surface area contributed by atoms with Gasteiger partial charge in [-0.3, -0.25) is 0 Å². The number of aromatic nitrogens is 3. The molecule has 11 nitrogen and oxygen atoms in total. The second-order valence-corrected chi connectivity index (χ2v) is 7.60. The SMILES string of the molecule is CCOC(=O)C1=C(COC(=O)c2ccc3c(c2)nnn3CC)NC(=O)N[C@@H]1c1ccc(OC)cc1. The van der Waals surface area contributed by atoms with Crippen molar-refractivity contribution in [2.24, 2.45) is 0 Å². The number of rotatable bonds is 8. The van der Waals surface area contributed by atoms with E-state index in [1.165, 1.54) is 0 Å². The fraction of sp³-hybridized carbons (Fsp3) is 0.292. The summed E-state index contributed by atoms with van der Waals surface area (Å²) in [5, 5.41) is 13.4. The van der Waals surface area contributed by atoms with Crippen LogP contribution in [0.3, 0.4) is 0 Å². The molecule has 0 saturated carbocycles. The predicted molar refractivity (Wildman–Crippen MR) is 125 cm³/mol. The number of urea groups is 1. The first kappa shape index (κ1) is 23.7. The van der Waals surface area contributed by atoms with Crippen LogP contribution < -0.4 is 15.4 Å². The van der Waals surface area contributed by atoms with E-state index in [-0.39, 0.29) is 30.0 Å². The van der Waals surface area contributed by atoms with Gasteiger partial charge in [-0.15, -0.1) is 5.10 Å². The third-order valence-electron chi connectivity index (χ3n) is 5.49. The van der Waals surface area contributed by atoms with Crippen LogP contribution in [0.5, 0.6) is 5.75 Å². The van der Waals surface area contributed by atoms with Gasteiger partial charge in [0.2, 0.25) is 0 Å². The summed E-state index contributed by atoms with van der Waals surface area (Å²) in [7, 11) is 1.54. The number of methoxy groups -OCH3 is 1. The molecule has 0 saturated heterocycles. The maximum Gasteiger partial charge on any atom is 0.338 e. The third kappa shape index (κ3) is 4.93. The number of carbonyl (C=O) groups excluding carboxylic acids is 3. The van der Waals surface area contributed by atoms with Gasteiger partial charge in [0.1, 0.15) is 17.9 Å². The van der Waals surface area contributed by atoms with Gasteiger partial charge in [-0.1, -0.05) is 17.3 Å². The maximum atomic E-state index is 12.9. The Balaban J connectivity index is 1.61. The van der Waals surface area contributed by atoms with Gasteiger partial charge in [-0.05, 0) is 49.7 Å². The van der Waals surface area contributed by atoms with Gasteiger partial charge in [0.05, 0.1) is 42.1 Å². The summed E-state index contributed by atoms with van der Waals surface area (Å²) in [6, 6.07) is 10.5. The van der Waals surface area contributed by atoms with E-state index >= 15 is 0 Å². The van der Waals surface area contributed by atoms with Crippen LogP contribution >= 0.6 is 0 Å². The van der Waals surface area contributed by atoms with Crippen molar-refractivity contribution in [3.8, 4) is 5.75 Å². The number of carbonyl (C=O) groups is 3. The van der Waals surface area contributed by atoms with E-state index in [4.69, 9.17) is 14.2 Å². The highest BCUT2D eigenvalue weighted by molar-refractivity contribution is 5.96. The van der Waals surface area contributed by atoms with Crippen molar-refractivity contribution in [2.45, 2.75) is 26.4 Å². The first-order chi connectivity index (χ1) is 16.9. The minimum absolute atomic E-state index is 0.136. The van der Waals surface area contributed by atoms with Crippen LogP contribution in [0, 0.1) is 0 Å². The zero-order chi connectivity index (χ0) is 24.9. The van der Waals surface area contributed by atoms with Crippen LogP contribution in [-0.4, -0.2) is 53.3 Å². The Labute approximate surface area is 201 Å². The van der Waals surface area contributed by atoms with Gasteiger partial charge in [0.15, 0.2) is 0 Å². The zero-order valence-electron chi connectivity index (χ0n) is 19.5. The van der Waals surface area contributed by atoms with E-state index in [1.807, 2.05) is 6.92 Å². The number of fused-ring (bicyclic) bond motifs is 1. The highest BCUT2D eigenvalue weighted by Crippen LogP contribution is 2.29. The van der Waals surface area contributed by atoms with Crippen LogP contribution in [0.25, 0.3) is 11.0 Å². The van der Waals surface area contributed by atoms with Gasteiger partial charge >= 0.3 is 18.0 Å². The highest BCUT2D eigenvalue weighted by Gasteiger charge is 2.34. The fourth-order valence-corrected chi connectivity index (χ4v) is 3.78. The summed E-state index contributed by atoms with van der Waals surface area (Å²) < 4.78 is 17.6. The van der Waals surface area contributed by atoms with Crippen LogP contribution in [0.4, 0.5) is 4.79 Å². The summed E-state index contributed by atoms with van der Waals surface area (Å²) in [6.07, 6.45) is 0. The van der Waals surface area contributed by atoms with Crippen LogP contribution in [0.15, 0.2) is 53.7 Å². The molecule has 2 N–H and O–H groups in total. The zero-order valence-corrected chi connectivity index (χ0v) is 19.5.